The van der Waals surface area contributed by atoms with Crippen LogP contribution < -0.4 is 0 Å². The molecule has 0 amide bonds. The van der Waals surface area contributed by atoms with Gasteiger partial charge in [-0.1, -0.05) is 95.2 Å². The van der Waals surface area contributed by atoms with Crippen molar-refractivity contribution in [2.75, 3.05) is 14.2 Å². The molecule has 48 heavy (non-hydrogen) atoms. The Bertz CT molecular complexity index is 1200. The van der Waals surface area contributed by atoms with Crippen LogP contribution in [-0.2, 0) is 23.8 Å². The van der Waals surface area contributed by atoms with Crippen LogP contribution in [0.4, 0.5) is 0 Å². The molecule has 0 aromatic carbocycles. The van der Waals surface area contributed by atoms with Crippen molar-refractivity contribution in [1.82, 2.24) is 0 Å². The van der Waals surface area contributed by atoms with Gasteiger partial charge < -0.3 is 34.6 Å². The summed E-state index contributed by atoms with van der Waals surface area (Å²) in [7, 11) is 2.83. The lowest BCUT2D eigenvalue weighted by molar-refractivity contribution is -0.162. The van der Waals surface area contributed by atoms with Crippen LogP contribution in [0.5, 0.6) is 0 Å². The summed E-state index contributed by atoms with van der Waals surface area (Å²) in [6, 6.07) is 0. The van der Waals surface area contributed by atoms with Gasteiger partial charge in [0.25, 0.3) is 0 Å². The van der Waals surface area contributed by atoms with Crippen molar-refractivity contribution in [3.63, 3.8) is 0 Å². The van der Waals surface area contributed by atoms with Crippen molar-refractivity contribution >= 4 is 11.8 Å². The summed E-state index contributed by atoms with van der Waals surface area (Å²) in [5.41, 5.74) is 1.65. The van der Waals surface area contributed by atoms with Crippen LogP contribution in [0.2, 0.25) is 0 Å². The van der Waals surface area contributed by atoms with Gasteiger partial charge in [-0.3, -0.25) is 4.79 Å². The van der Waals surface area contributed by atoms with E-state index in [1.54, 1.807) is 65.0 Å². The molecule has 0 aromatic heterocycles. The van der Waals surface area contributed by atoms with Gasteiger partial charge >= 0.3 is 5.97 Å². The molecule has 0 bridgehead atoms. The Morgan fingerprint density at radius 3 is 2.29 bits per heavy atom. The first-order valence-electron chi connectivity index (χ1n) is 17.1. The molecule has 0 spiro atoms. The zero-order valence-corrected chi connectivity index (χ0v) is 30.9. The van der Waals surface area contributed by atoms with Crippen LogP contribution in [0.3, 0.4) is 0 Å². The molecule has 1 aliphatic rings. The molecule has 272 valence electrons. The third-order valence-corrected chi connectivity index (χ3v) is 9.45. The average molecular weight is 675 g/mol. The first-order valence-corrected chi connectivity index (χ1v) is 17.1. The largest absolute Gasteiger partial charge is 0.490 e. The summed E-state index contributed by atoms with van der Waals surface area (Å²) in [4.78, 5) is 26.6. The van der Waals surface area contributed by atoms with Crippen LogP contribution in [0.25, 0.3) is 0 Å². The number of rotatable bonds is 11. The Morgan fingerprint density at radius 2 is 1.73 bits per heavy atom. The zero-order chi connectivity index (χ0) is 36.7. The highest BCUT2D eigenvalue weighted by Crippen LogP contribution is 2.30. The molecule has 0 fully saturated rings. The van der Waals surface area contributed by atoms with Crippen LogP contribution in [0, 0.1) is 35.5 Å². The van der Waals surface area contributed by atoms with Crippen molar-refractivity contribution in [1.29, 1.82) is 0 Å². The Labute approximate surface area is 288 Å². The minimum Gasteiger partial charge on any atom is -0.490 e. The van der Waals surface area contributed by atoms with Crippen molar-refractivity contribution in [2.24, 2.45) is 35.5 Å². The van der Waals surface area contributed by atoms with Gasteiger partial charge in [-0.05, 0) is 51.7 Å². The monoisotopic (exact) mass is 674 g/mol. The highest BCUT2D eigenvalue weighted by Gasteiger charge is 2.38. The molecular weight excluding hydrogens is 612 g/mol. The van der Waals surface area contributed by atoms with E-state index in [4.69, 9.17) is 14.2 Å². The van der Waals surface area contributed by atoms with Gasteiger partial charge in [0.2, 0.25) is 5.76 Å². The molecule has 1 rings (SSSR count). The van der Waals surface area contributed by atoms with Gasteiger partial charge in [-0.25, -0.2) is 4.79 Å². The maximum absolute atomic E-state index is 13.6. The second kappa shape index (κ2) is 21.3. The molecule has 12 atom stereocenters. The van der Waals surface area contributed by atoms with Gasteiger partial charge in [-0.2, -0.15) is 0 Å². The molecule has 0 saturated heterocycles. The summed E-state index contributed by atoms with van der Waals surface area (Å²) in [5, 5.41) is 44.0. The molecule has 0 radical (unpaired) electrons. The van der Waals surface area contributed by atoms with E-state index in [0.29, 0.717) is 18.4 Å². The Morgan fingerprint density at radius 1 is 1.08 bits per heavy atom. The van der Waals surface area contributed by atoms with Crippen LogP contribution >= 0.6 is 0 Å². The summed E-state index contributed by atoms with van der Waals surface area (Å²) < 4.78 is 17.2. The number of hydrogen-bond donors (Lipinski definition) is 4. The van der Waals surface area contributed by atoms with E-state index < -0.39 is 54.4 Å². The maximum atomic E-state index is 13.6. The quantitative estimate of drug-likeness (QED) is 0.124. The molecule has 4 N–H and O–H groups in total. The fourth-order valence-corrected chi connectivity index (χ4v) is 6.17. The smallest absolute Gasteiger partial charge is 0.373 e. The van der Waals surface area contributed by atoms with Crippen molar-refractivity contribution < 1.29 is 44.2 Å². The highest BCUT2D eigenvalue weighted by atomic mass is 16.6. The second-order valence-corrected chi connectivity index (χ2v) is 13.5. The Kier molecular flexibility index (Phi) is 19.2. The van der Waals surface area contributed by atoms with Gasteiger partial charge in [0, 0.05) is 36.7 Å². The van der Waals surface area contributed by atoms with Crippen molar-refractivity contribution in [3.8, 4) is 0 Å². The highest BCUT2D eigenvalue weighted by molar-refractivity contribution is 5.92. The van der Waals surface area contributed by atoms with E-state index in [-0.39, 0.29) is 35.2 Å². The van der Waals surface area contributed by atoms with Crippen LogP contribution in [0.1, 0.15) is 75.2 Å². The number of hydrogen-bond acceptors (Lipinski definition) is 9. The predicted molar refractivity (Wildman–Crippen MR) is 190 cm³/mol. The van der Waals surface area contributed by atoms with Crippen LogP contribution in [-0.4, -0.2) is 83.0 Å². The van der Waals surface area contributed by atoms with Crippen molar-refractivity contribution in [3.05, 3.63) is 71.6 Å². The fraction of sp³-hybridized carbons (Fsp3) is 0.641. The number of cyclic esters (lactones) is 1. The van der Waals surface area contributed by atoms with E-state index >= 15 is 0 Å². The molecule has 1 heterocycles. The third-order valence-electron chi connectivity index (χ3n) is 9.45. The lowest BCUT2D eigenvalue weighted by Crippen LogP contribution is -2.45. The number of aliphatic hydroxyl groups excluding tert-OH is 4. The standard InChI is InChI=1S/C39H62O9/c1-12-15-31(40)25(5)18-19-32(41)28(8)37(44)29(9)38-33(46-10)17-14-16-23(3)20-26(6)35(42)30(13-2)36(43)27(7)21-24(4)22-34(47-11)39(45)48-38/h12,14-19,21-22,25-31,33,35-38,40,42-44H,13,20H2,1-11H3/b15-12+,17-14+,19-18+,23-16+,24-21+,34-22-/t25-,26+,27+,28+,29-,30-,31+,33-,35-,36+,37-,38+/m0/s1. The van der Waals surface area contributed by atoms with Crippen molar-refractivity contribution in [2.45, 2.75) is 112 Å². The zero-order valence-electron chi connectivity index (χ0n) is 30.9. The minimum atomic E-state index is -1.22. The van der Waals surface area contributed by atoms with Crippen LogP contribution in [0.15, 0.2) is 71.6 Å². The summed E-state index contributed by atoms with van der Waals surface area (Å²) in [6.07, 6.45) is 11.0. The third kappa shape index (κ3) is 12.9. The van der Waals surface area contributed by atoms with E-state index in [1.165, 1.54) is 26.4 Å². The fourth-order valence-electron chi connectivity index (χ4n) is 6.17. The van der Waals surface area contributed by atoms with Gasteiger partial charge in [0.05, 0.1) is 31.5 Å². The van der Waals surface area contributed by atoms with Gasteiger partial charge in [-0.15, -0.1) is 0 Å². The molecule has 0 unspecified atom stereocenters. The summed E-state index contributed by atoms with van der Waals surface area (Å²) in [5.74, 6) is -3.92. The summed E-state index contributed by atoms with van der Waals surface area (Å²) >= 11 is 0. The molecule has 0 aliphatic carbocycles. The Balaban J connectivity index is 3.59. The SMILES string of the molecule is C/C=C/[C@@H](O)[C@@H](C)/C=C/C(=O)[C@@H](C)[C@H](O)[C@H](C)[C@H]1OC(=O)/C(OC)=C/C(C)=C/[C@@H](C)[C@@H](O)[C@@H](CC)[C@@H](O)[C@H](C)C/C(C)=C/C=C/[C@@H]1OC. The Hall–Kier alpha value is -2.82. The second-order valence-electron chi connectivity index (χ2n) is 13.5. The van der Waals surface area contributed by atoms with Gasteiger partial charge in [0.1, 0.15) is 12.2 Å². The number of ketones is 1. The molecule has 0 saturated carbocycles. The minimum absolute atomic E-state index is 0.0887. The summed E-state index contributed by atoms with van der Waals surface area (Å²) in [6.45, 7) is 16.4. The normalized spacial score (nSPS) is 34.2. The topological polar surface area (TPSA) is 143 Å². The lowest BCUT2D eigenvalue weighted by atomic mass is 9.79. The number of esters is 1. The number of methoxy groups -OCH3 is 2. The van der Waals surface area contributed by atoms with E-state index in [1.807, 2.05) is 39.8 Å². The lowest BCUT2D eigenvalue weighted by Gasteiger charge is -2.34. The molecular formula is C39H62O9. The molecule has 1 aliphatic heterocycles. The molecule has 9 nitrogen and oxygen atoms in total. The van der Waals surface area contributed by atoms with E-state index in [2.05, 4.69) is 0 Å². The number of ether oxygens (including phenoxy) is 3. The average Bonchev–Trinajstić information content (AvgIpc) is 3.05. The maximum Gasteiger partial charge on any atom is 0.373 e. The number of carbonyl (C=O) groups is 2. The van der Waals surface area contributed by atoms with Gasteiger partial charge in [0.15, 0.2) is 5.78 Å². The molecule has 0 aromatic rings. The predicted octanol–water partition coefficient (Wildman–Crippen LogP) is 5.65. The number of aliphatic hydroxyl groups is 4. The number of allylic oxidation sites excluding steroid dienone is 7. The first-order chi connectivity index (χ1) is 22.5. The first kappa shape index (κ1) is 43.2. The molecule has 9 heteroatoms. The number of carbonyl (C=O) groups excluding carboxylic acids is 2. The van der Waals surface area contributed by atoms with E-state index in [0.717, 1.165) is 5.57 Å². The van der Waals surface area contributed by atoms with E-state index in [9.17, 15) is 30.0 Å².